The Bertz CT molecular complexity index is 560. The fourth-order valence-corrected chi connectivity index (χ4v) is 2.93. The zero-order valence-electron chi connectivity index (χ0n) is 13.1. The Hall–Kier alpha value is -1.92. The predicted octanol–water partition coefficient (Wildman–Crippen LogP) is 3.55. The predicted molar refractivity (Wildman–Crippen MR) is 78.8 cm³/mol. The molecule has 1 aliphatic rings. The van der Waals surface area contributed by atoms with Gasteiger partial charge in [0, 0.05) is 6.04 Å². The van der Waals surface area contributed by atoms with Gasteiger partial charge in [-0.3, -0.25) is 4.79 Å². The summed E-state index contributed by atoms with van der Waals surface area (Å²) >= 11 is 0. The first-order valence-corrected chi connectivity index (χ1v) is 7.46. The van der Waals surface area contributed by atoms with Crippen molar-refractivity contribution in [2.45, 2.75) is 37.9 Å². The van der Waals surface area contributed by atoms with Gasteiger partial charge in [0.15, 0.2) is 0 Å². The largest absolute Gasteiger partial charge is 0.497 e. The van der Waals surface area contributed by atoms with E-state index in [2.05, 4.69) is 5.32 Å². The molecular weight excluding hydrogens is 311 g/mol. The molecule has 128 valence electrons. The topological polar surface area (TPSA) is 47.6 Å². The van der Waals surface area contributed by atoms with Gasteiger partial charge in [0.1, 0.15) is 11.5 Å². The minimum atomic E-state index is -4.31. The van der Waals surface area contributed by atoms with Crippen LogP contribution >= 0.6 is 0 Å². The highest BCUT2D eigenvalue weighted by molar-refractivity contribution is 5.97. The van der Waals surface area contributed by atoms with Gasteiger partial charge in [-0.15, -0.1) is 0 Å². The molecular formula is C16H20F3NO3. The Kier molecular flexibility index (Phi) is 5.38. The van der Waals surface area contributed by atoms with E-state index in [4.69, 9.17) is 9.47 Å². The molecule has 1 aromatic rings. The minimum absolute atomic E-state index is 0.0453. The molecule has 0 saturated heterocycles. The van der Waals surface area contributed by atoms with E-state index in [1.54, 1.807) is 12.1 Å². The number of alkyl halides is 3. The molecule has 0 unspecified atom stereocenters. The molecule has 0 aliphatic heterocycles. The maximum Gasteiger partial charge on any atom is 0.393 e. The molecule has 1 N–H and O–H groups in total. The molecule has 1 aromatic carbocycles. The first-order chi connectivity index (χ1) is 10.9. The van der Waals surface area contributed by atoms with E-state index in [0.717, 1.165) is 0 Å². The summed E-state index contributed by atoms with van der Waals surface area (Å²) in [5, 5.41) is 2.52. The van der Waals surface area contributed by atoms with Crippen LogP contribution in [0.1, 0.15) is 36.0 Å². The molecule has 2 rings (SSSR count). The van der Waals surface area contributed by atoms with Crippen LogP contribution in [-0.4, -0.2) is 32.3 Å². The van der Waals surface area contributed by atoms with Crippen molar-refractivity contribution >= 4 is 5.91 Å². The van der Waals surface area contributed by atoms with Crippen LogP contribution in [0.2, 0.25) is 0 Å². The summed E-state index contributed by atoms with van der Waals surface area (Å²) < 4.78 is 49.5. The van der Waals surface area contributed by atoms with Gasteiger partial charge in [0.25, 0.3) is 5.91 Å². The molecule has 0 aromatic heterocycles. The normalized spacial score (nSPS) is 21.6. The molecule has 0 bridgehead atoms. The number of hydrogen-bond donors (Lipinski definition) is 1. The van der Waals surface area contributed by atoms with Crippen LogP contribution in [0.25, 0.3) is 0 Å². The Balaban J connectivity index is 2.20. The number of nitrogens with one attached hydrogen (secondary N) is 1. The molecule has 2 atom stereocenters. The second-order valence-corrected chi connectivity index (χ2v) is 5.58. The van der Waals surface area contributed by atoms with Crippen molar-refractivity contribution in [2.75, 3.05) is 14.2 Å². The number of carbonyl (C=O) groups excluding carboxylic acids is 1. The second kappa shape index (κ2) is 7.10. The monoisotopic (exact) mass is 331 g/mol. The average molecular weight is 331 g/mol. The minimum Gasteiger partial charge on any atom is -0.497 e. The third-order valence-electron chi connectivity index (χ3n) is 4.15. The summed E-state index contributed by atoms with van der Waals surface area (Å²) in [5.41, 5.74) is 0.165. The standard InChI is InChI=1S/C16H20F3NO3/c1-22-10-7-8-14(23-2)11(9-10)15(21)20-13-6-4-3-5-12(13)16(17,18)19/h7-9,12-13H,3-6H2,1-2H3,(H,20,21)/t12-,13-/m0/s1. The molecule has 23 heavy (non-hydrogen) atoms. The highest BCUT2D eigenvalue weighted by Gasteiger charge is 2.46. The quantitative estimate of drug-likeness (QED) is 0.918. The van der Waals surface area contributed by atoms with Crippen molar-refractivity contribution < 1.29 is 27.4 Å². The van der Waals surface area contributed by atoms with E-state index in [0.29, 0.717) is 30.8 Å². The van der Waals surface area contributed by atoms with Crippen LogP contribution in [0.5, 0.6) is 11.5 Å². The number of halogens is 3. The number of carbonyl (C=O) groups is 1. The number of hydrogen-bond acceptors (Lipinski definition) is 3. The highest BCUT2D eigenvalue weighted by atomic mass is 19.4. The van der Waals surface area contributed by atoms with Crippen LogP contribution in [0.3, 0.4) is 0 Å². The van der Waals surface area contributed by atoms with Crippen molar-refractivity contribution in [2.24, 2.45) is 5.92 Å². The number of ether oxygens (including phenoxy) is 2. The Morgan fingerprint density at radius 3 is 2.48 bits per heavy atom. The average Bonchev–Trinajstić information content (AvgIpc) is 2.53. The van der Waals surface area contributed by atoms with E-state index in [1.807, 2.05) is 0 Å². The molecule has 1 aliphatic carbocycles. The highest BCUT2D eigenvalue weighted by Crippen LogP contribution is 2.38. The van der Waals surface area contributed by atoms with Gasteiger partial charge in [0.2, 0.25) is 0 Å². The molecule has 0 radical (unpaired) electrons. The fourth-order valence-electron chi connectivity index (χ4n) is 2.93. The van der Waals surface area contributed by atoms with E-state index in [-0.39, 0.29) is 12.0 Å². The van der Waals surface area contributed by atoms with Crippen LogP contribution in [0.4, 0.5) is 13.2 Å². The molecule has 1 saturated carbocycles. The van der Waals surface area contributed by atoms with Gasteiger partial charge < -0.3 is 14.8 Å². The molecule has 1 amide bonds. The Labute approximate surface area is 133 Å². The fraction of sp³-hybridized carbons (Fsp3) is 0.562. The summed E-state index contributed by atoms with van der Waals surface area (Å²) in [5.74, 6) is -1.35. The van der Waals surface area contributed by atoms with Crippen molar-refractivity contribution in [1.29, 1.82) is 0 Å². The molecule has 4 nitrogen and oxygen atoms in total. The molecule has 7 heteroatoms. The third-order valence-corrected chi connectivity index (χ3v) is 4.15. The molecule has 0 spiro atoms. The summed E-state index contributed by atoms with van der Waals surface area (Å²) in [7, 11) is 2.85. The third kappa shape index (κ3) is 4.09. The van der Waals surface area contributed by atoms with Crippen LogP contribution in [0.15, 0.2) is 18.2 Å². The number of methoxy groups -OCH3 is 2. The lowest BCUT2D eigenvalue weighted by Crippen LogP contribution is -2.47. The Morgan fingerprint density at radius 2 is 1.87 bits per heavy atom. The smallest absolute Gasteiger partial charge is 0.393 e. The van der Waals surface area contributed by atoms with Crippen molar-refractivity contribution in [3.05, 3.63) is 23.8 Å². The summed E-state index contributed by atoms with van der Waals surface area (Å²) in [4.78, 5) is 12.4. The van der Waals surface area contributed by atoms with Gasteiger partial charge in [-0.25, -0.2) is 0 Å². The number of benzene rings is 1. The van der Waals surface area contributed by atoms with Gasteiger partial charge in [-0.2, -0.15) is 13.2 Å². The van der Waals surface area contributed by atoms with E-state index in [1.165, 1.54) is 20.3 Å². The van der Waals surface area contributed by atoms with Crippen molar-refractivity contribution in [1.82, 2.24) is 5.32 Å². The van der Waals surface area contributed by atoms with Crippen LogP contribution in [0, 0.1) is 5.92 Å². The van der Waals surface area contributed by atoms with E-state index in [9.17, 15) is 18.0 Å². The van der Waals surface area contributed by atoms with Gasteiger partial charge in [-0.05, 0) is 31.0 Å². The van der Waals surface area contributed by atoms with Gasteiger partial charge in [0.05, 0.1) is 25.7 Å². The van der Waals surface area contributed by atoms with E-state index < -0.39 is 24.0 Å². The van der Waals surface area contributed by atoms with Gasteiger partial charge in [-0.1, -0.05) is 12.8 Å². The van der Waals surface area contributed by atoms with Crippen LogP contribution in [-0.2, 0) is 0 Å². The first-order valence-electron chi connectivity index (χ1n) is 7.46. The zero-order chi connectivity index (χ0) is 17.0. The lowest BCUT2D eigenvalue weighted by Gasteiger charge is -2.33. The van der Waals surface area contributed by atoms with E-state index >= 15 is 0 Å². The Morgan fingerprint density at radius 1 is 1.17 bits per heavy atom. The summed E-state index contributed by atoms with van der Waals surface area (Å²) in [6.07, 6.45) is -2.74. The lowest BCUT2D eigenvalue weighted by molar-refractivity contribution is -0.187. The molecule has 0 heterocycles. The summed E-state index contributed by atoms with van der Waals surface area (Å²) in [6.45, 7) is 0. The SMILES string of the molecule is COc1ccc(OC)c(C(=O)N[C@H]2CCCC[C@@H]2C(F)(F)F)c1. The number of amides is 1. The van der Waals surface area contributed by atoms with Gasteiger partial charge >= 0.3 is 6.18 Å². The zero-order valence-corrected chi connectivity index (χ0v) is 13.1. The molecule has 1 fully saturated rings. The maximum absolute atomic E-state index is 13.1. The lowest BCUT2D eigenvalue weighted by atomic mass is 9.84. The van der Waals surface area contributed by atoms with Crippen molar-refractivity contribution in [3.63, 3.8) is 0 Å². The van der Waals surface area contributed by atoms with Crippen LogP contribution < -0.4 is 14.8 Å². The second-order valence-electron chi connectivity index (χ2n) is 5.58. The van der Waals surface area contributed by atoms with Crippen molar-refractivity contribution in [3.8, 4) is 11.5 Å². The maximum atomic E-state index is 13.1. The first kappa shape index (κ1) is 17.4. The number of rotatable bonds is 4. The summed E-state index contributed by atoms with van der Waals surface area (Å²) in [6, 6.07) is 3.72.